The minimum absolute atomic E-state index is 0.173. The molecule has 1 saturated heterocycles. The smallest absolute Gasteiger partial charge is 0.240 e. The van der Waals surface area contributed by atoms with Crippen LogP contribution in [-0.4, -0.2) is 11.8 Å². The molecule has 1 heterocycles. The van der Waals surface area contributed by atoms with E-state index in [-0.39, 0.29) is 23.1 Å². The maximum absolute atomic E-state index is 13.4. The van der Waals surface area contributed by atoms with Crippen LogP contribution in [0.4, 0.5) is 10.1 Å². The number of nitrogens with zero attached hydrogens (tertiary/aromatic N) is 1. The van der Waals surface area contributed by atoms with Crippen LogP contribution in [0.25, 0.3) is 0 Å². The largest absolute Gasteiger partial charge is 0.274 e. The van der Waals surface area contributed by atoms with Gasteiger partial charge in [0.15, 0.2) is 0 Å². The van der Waals surface area contributed by atoms with Crippen LogP contribution in [0.2, 0.25) is 0 Å². The SMILES string of the molecule is CC1(C)[C@@H]2CC[C@@]1(C)C(=O)N(c1cccc(F)c1)C2=O. The first-order valence-electron chi connectivity index (χ1n) is 6.93. The lowest BCUT2D eigenvalue weighted by molar-refractivity contribution is -0.146. The molecule has 2 bridgehead atoms. The number of hydrogen-bond acceptors (Lipinski definition) is 2. The highest BCUT2D eigenvalue weighted by Gasteiger charge is 2.64. The van der Waals surface area contributed by atoms with Crippen LogP contribution in [0.5, 0.6) is 0 Å². The van der Waals surface area contributed by atoms with Gasteiger partial charge in [-0.3, -0.25) is 9.59 Å². The number of halogens is 1. The van der Waals surface area contributed by atoms with Crippen molar-refractivity contribution in [2.24, 2.45) is 16.7 Å². The topological polar surface area (TPSA) is 37.4 Å². The normalized spacial score (nSPS) is 31.8. The lowest BCUT2D eigenvalue weighted by Gasteiger charge is -2.47. The number of carbonyl (C=O) groups is 2. The molecule has 1 aromatic rings. The quantitative estimate of drug-likeness (QED) is 0.738. The molecule has 0 unspecified atom stereocenters. The predicted octanol–water partition coefficient (Wildman–Crippen LogP) is 3.14. The van der Waals surface area contributed by atoms with Crippen molar-refractivity contribution in [2.75, 3.05) is 4.90 Å². The summed E-state index contributed by atoms with van der Waals surface area (Å²) in [4.78, 5) is 26.7. The molecule has 3 nitrogen and oxygen atoms in total. The van der Waals surface area contributed by atoms with Crippen LogP contribution in [-0.2, 0) is 9.59 Å². The minimum atomic E-state index is -0.558. The number of amides is 2. The van der Waals surface area contributed by atoms with E-state index >= 15 is 0 Å². The van der Waals surface area contributed by atoms with E-state index in [4.69, 9.17) is 0 Å². The van der Waals surface area contributed by atoms with E-state index < -0.39 is 11.2 Å². The average Bonchev–Trinajstić information content (AvgIpc) is 2.54. The van der Waals surface area contributed by atoms with Gasteiger partial charge < -0.3 is 0 Å². The summed E-state index contributed by atoms with van der Waals surface area (Å²) in [6, 6.07) is 5.69. The molecule has 0 spiro atoms. The van der Waals surface area contributed by atoms with Crippen LogP contribution >= 0.6 is 0 Å². The molecule has 2 aliphatic rings. The fraction of sp³-hybridized carbons (Fsp3) is 0.500. The summed E-state index contributed by atoms with van der Waals surface area (Å²) in [6.07, 6.45) is 1.43. The third-order valence-corrected chi connectivity index (χ3v) is 5.49. The summed E-state index contributed by atoms with van der Waals surface area (Å²) in [6.45, 7) is 5.90. The van der Waals surface area contributed by atoms with Crippen LogP contribution in [0.15, 0.2) is 24.3 Å². The van der Waals surface area contributed by atoms with E-state index in [9.17, 15) is 14.0 Å². The molecule has 1 saturated carbocycles. The number of anilines is 1. The van der Waals surface area contributed by atoms with Crippen molar-refractivity contribution in [1.82, 2.24) is 0 Å². The molecule has 20 heavy (non-hydrogen) atoms. The Bertz CT molecular complexity index is 610. The Hall–Kier alpha value is -1.71. The molecule has 0 radical (unpaired) electrons. The summed E-state index contributed by atoms with van der Waals surface area (Å²) < 4.78 is 13.4. The highest BCUT2D eigenvalue weighted by molar-refractivity contribution is 6.20. The van der Waals surface area contributed by atoms with Crippen molar-refractivity contribution >= 4 is 17.5 Å². The number of benzene rings is 1. The number of piperidine rings is 1. The van der Waals surface area contributed by atoms with Crippen molar-refractivity contribution in [2.45, 2.75) is 33.6 Å². The molecule has 2 amide bonds. The molecule has 4 heteroatoms. The van der Waals surface area contributed by atoms with Crippen molar-refractivity contribution in [3.63, 3.8) is 0 Å². The molecule has 106 valence electrons. The summed E-state index contributed by atoms with van der Waals surface area (Å²) >= 11 is 0. The highest BCUT2D eigenvalue weighted by Crippen LogP contribution is 2.60. The molecular weight excluding hydrogens is 257 g/mol. The number of rotatable bonds is 1. The first-order chi connectivity index (χ1) is 9.29. The number of hydrogen-bond donors (Lipinski definition) is 0. The number of carbonyl (C=O) groups excluding carboxylic acids is 2. The minimum Gasteiger partial charge on any atom is -0.274 e. The summed E-state index contributed by atoms with van der Waals surface area (Å²) in [5.74, 6) is -1.01. The molecule has 0 N–H and O–H groups in total. The van der Waals surface area contributed by atoms with Gasteiger partial charge in [-0.1, -0.05) is 26.8 Å². The van der Waals surface area contributed by atoms with E-state index in [0.29, 0.717) is 12.1 Å². The Labute approximate surface area is 117 Å². The predicted molar refractivity (Wildman–Crippen MR) is 73.5 cm³/mol. The van der Waals surface area contributed by atoms with Crippen LogP contribution < -0.4 is 4.90 Å². The Morgan fingerprint density at radius 2 is 1.95 bits per heavy atom. The maximum Gasteiger partial charge on any atom is 0.240 e. The number of fused-ring (bicyclic) bond motifs is 2. The molecular formula is C16H18FNO2. The second kappa shape index (κ2) is 3.90. The molecule has 1 aliphatic heterocycles. The zero-order valence-electron chi connectivity index (χ0n) is 11.9. The van der Waals surface area contributed by atoms with Gasteiger partial charge in [-0.15, -0.1) is 0 Å². The van der Waals surface area contributed by atoms with Crippen molar-refractivity contribution < 1.29 is 14.0 Å². The average molecular weight is 275 g/mol. The van der Waals surface area contributed by atoms with Gasteiger partial charge in [-0.2, -0.15) is 0 Å². The highest BCUT2D eigenvalue weighted by atomic mass is 19.1. The van der Waals surface area contributed by atoms with Crippen molar-refractivity contribution in [1.29, 1.82) is 0 Å². The van der Waals surface area contributed by atoms with E-state index in [1.54, 1.807) is 6.07 Å². The second-order valence-corrected chi connectivity index (χ2v) is 6.60. The molecule has 0 aromatic heterocycles. The second-order valence-electron chi connectivity index (χ2n) is 6.60. The van der Waals surface area contributed by atoms with Gasteiger partial charge in [0.25, 0.3) is 0 Å². The molecule has 1 aromatic carbocycles. The van der Waals surface area contributed by atoms with Crippen molar-refractivity contribution in [3.05, 3.63) is 30.1 Å². The summed E-state index contributed by atoms with van der Waals surface area (Å²) in [5, 5.41) is 0. The summed E-state index contributed by atoms with van der Waals surface area (Å²) in [5.41, 5.74) is -0.559. The van der Waals surface area contributed by atoms with Gasteiger partial charge in [0.05, 0.1) is 11.1 Å². The summed E-state index contributed by atoms with van der Waals surface area (Å²) in [7, 11) is 0. The third kappa shape index (κ3) is 1.45. The maximum atomic E-state index is 13.4. The standard InChI is InChI=1S/C16H18FNO2/c1-15(2)12-7-8-16(15,3)14(20)18(13(12)19)11-6-4-5-10(17)9-11/h4-6,9,12H,7-8H2,1-3H3/t12-,16+/m1/s1. The lowest BCUT2D eigenvalue weighted by atomic mass is 9.62. The van der Waals surface area contributed by atoms with Crippen LogP contribution in [0.1, 0.15) is 33.6 Å². The van der Waals surface area contributed by atoms with Gasteiger partial charge >= 0.3 is 0 Å². The molecule has 3 rings (SSSR count). The first-order valence-corrected chi connectivity index (χ1v) is 6.93. The molecule has 1 aliphatic carbocycles. The van der Waals surface area contributed by atoms with Crippen LogP contribution in [0.3, 0.4) is 0 Å². The third-order valence-electron chi connectivity index (χ3n) is 5.49. The van der Waals surface area contributed by atoms with Gasteiger partial charge in [0.2, 0.25) is 11.8 Å². The Morgan fingerprint density at radius 3 is 2.60 bits per heavy atom. The van der Waals surface area contributed by atoms with Crippen LogP contribution in [0, 0.1) is 22.6 Å². The Morgan fingerprint density at radius 1 is 1.25 bits per heavy atom. The van der Waals surface area contributed by atoms with Gasteiger partial charge in [0, 0.05) is 5.92 Å². The lowest BCUT2D eigenvalue weighted by Crippen LogP contribution is -2.59. The Kier molecular flexibility index (Phi) is 2.59. The Balaban J connectivity index is 2.12. The zero-order chi connectivity index (χ0) is 14.7. The fourth-order valence-corrected chi connectivity index (χ4v) is 3.68. The van der Waals surface area contributed by atoms with E-state index in [1.165, 1.54) is 23.1 Å². The van der Waals surface area contributed by atoms with Gasteiger partial charge in [-0.25, -0.2) is 9.29 Å². The zero-order valence-corrected chi connectivity index (χ0v) is 11.9. The number of imide groups is 1. The fourth-order valence-electron chi connectivity index (χ4n) is 3.68. The monoisotopic (exact) mass is 275 g/mol. The van der Waals surface area contributed by atoms with Gasteiger partial charge in [0.1, 0.15) is 5.82 Å². The van der Waals surface area contributed by atoms with Crippen molar-refractivity contribution in [3.8, 4) is 0 Å². The van der Waals surface area contributed by atoms with E-state index in [2.05, 4.69) is 0 Å². The van der Waals surface area contributed by atoms with Gasteiger partial charge in [-0.05, 0) is 36.5 Å². The molecule has 2 atom stereocenters. The molecule has 2 fully saturated rings. The van der Waals surface area contributed by atoms with E-state index in [1.807, 2.05) is 20.8 Å². The first kappa shape index (κ1) is 13.3. The van der Waals surface area contributed by atoms with E-state index in [0.717, 1.165) is 6.42 Å².